The number of fused-ring (bicyclic) bond motifs is 1. The lowest BCUT2D eigenvalue weighted by atomic mass is 10.1. The average Bonchev–Trinajstić information content (AvgIpc) is 3.33. The molecule has 2 amide bonds. The number of amides is 2. The number of aromatic nitrogens is 3. The van der Waals surface area contributed by atoms with Gasteiger partial charge >= 0.3 is 0 Å². The standard InChI is InChI=1S/C25H28N6O3S/c1-29-21-14-19(30-12-6-3-7-13-30)10-11-22(21)35(34)16-20(25(29)33)27-24(32)23-26-17-31(28-23)15-18-8-4-2-5-9-18/h2,4-5,8-11,14,17,20H,3,6-7,12-13,15-16H2,1H3,(H,27,32)/t20-,35?/m0/s1. The van der Waals surface area contributed by atoms with Crippen LogP contribution >= 0.6 is 0 Å². The number of hydrogen-bond acceptors (Lipinski definition) is 6. The summed E-state index contributed by atoms with van der Waals surface area (Å²) < 4.78 is 14.7. The molecule has 1 N–H and O–H groups in total. The molecule has 0 aliphatic carbocycles. The molecule has 2 aliphatic heterocycles. The number of nitrogens with zero attached hydrogens (tertiary/aromatic N) is 5. The first kappa shape index (κ1) is 23.4. The summed E-state index contributed by atoms with van der Waals surface area (Å²) in [5.74, 6) is -0.919. The maximum absolute atomic E-state index is 13.3. The Morgan fingerprint density at radius 1 is 1.14 bits per heavy atom. The summed E-state index contributed by atoms with van der Waals surface area (Å²) in [6.07, 6.45) is 4.99. The molecule has 1 saturated heterocycles. The Labute approximate surface area is 207 Å². The van der Waals surface area contributed by atoms with Crippen LogP contribution in [-0.2, 0) is 22.5 Å². The number of carbonyl (C=O) groups is 2. The Hall–Kier alpha value is -3.37. The third-order valence-corrected chi connectivity index (χ3v) is 7.92. The van der Waals surface area contributed by atoms with E-state index in [0.717, 1.165) is 37.2 Å². The number of likely N-dealkylation sites (N-methyl/N-ethyl adjacent to an activating group) is 1. The van der Waals surface area contributed by atoms with Crippen LogP contribution in [0.5, 0.6) is 0 Å². The van der Waals surface area contributed by atoms with Crippen molar-refractivity contribution in [3.63, 3.8) is 0 Å². The van der Waals surface area contributed by atoms with Crippen molar-refractivity contribution < 1.29 is 14.1 Å². The fourth-order valence-corrected chi connectivity index (χ4v) is 5.90. The highest BCUT2D eigenvalue weighted by Gasteiger charge is 2.37. The number of hydrogen-bond donors (Lipinski definition) is 1. The van der Waals surface area contributed by atoms with Crippen LogP contribution in [0.4, 0.5) is 11.4 Å². The van der Waals surface area contributed by atoms with E-state index >= 15 is 0 Å². The molecule has 2 atom stereocenters. The Morgan fingerprint density at radius 2 is 1.91 bits per heavy atom. The van der Waals surface area contributed by atoms with E-state index in [1.165, 1.54) is 17.6 Å². The molecule has 0 bridgehead atoms. The molecule has 1 aromatic heterocycles. The van der Waals surface area contributed by atoms with Crippen molar-refractivity contribution >= 4 is 34.4 Å². The maximum atomic E-state index is 13.3. The van der Waals surface area contributed by atoms with E-state index in [-0.39, 0.29) is 17.5 Å². The summed E-state index contributed by atoms with van der Waals surface area (Å²) in [5.41, 5.74) is 2.68. The van der Waals surface area contributed by atoms with E-state index in [2.05, 4.69) is 20.3 Å². The first-order chi connectivity index (χ1) is 17.0. The van der Waals surface area contributed by atoms with Crippen LogP contribution in [0.2, 0.25) is 0 Å². The zero-order valence-electron chi connectivity index (χ0n) is 19.6. The van der Waals surface area contributed by atoms with Gasteiger partial charge in [0.15, 0.2) is 10.9 Å². The predicted molar refractivity (Wildman–Crippen MR) is 134 cm³/mol. The van der Waals surface area contributed by atoms with Crippen molar-refractivity contribution in [2.45, 2.75) is 36.7 Å². The number of piperidine rings is 1. The van der Waals surface area contributed by atoms with Crippen LogP contribution in [0.1, 0.15) is 35.4 Å². The molecule has 0 spiro atoms. The summed E-state index contributed by atoms with van der Waals surface area (Å²) in [7, 11) is 1.66. The zero-order valence-corrected chi connectivity index (χ0v) is 20.4. The second-order valence-electron chi connectivity index (χ2n) is 8.89. The van der Waals surface area contributed by atoms with Gasteiger partial charge in [-0.05, 0) is 54.2 Å². The van der Waals surface area contributed by atoms with Crippen molar-refractivity contribution in [3.05, 3.63) is 66.2 Å². The Morgan fingerprint density at radius 3 is 2.69 bits per heavy atom. The van der Waals surface area contributed by atoms with Gasteiger partial charge in [0, 0.05) is 25.8 Å². The molecule has 2 aromatic carbocycles. The maximum Gasteiger partial charge on any atom is 0.291 e. The summed E-state index contributed by atoms with van der Waals surface area (Å²) in [6, 6.07) is 14.5. The summed E-state index contributed by atoms with van der Waals surface area (Å²) in [6.45, 7) is 2.43. The number of carbonyl (C=O) groups excluding carboxylic acids is 2. The highest BCUT2D eigenvalue weighted by Crippen LogP contribution is 2.34. The number of anilines is 2. The molecular weight excluding hydrogens is 464 g/mol. The first-order valence-corrected chi connectivity index (χ1v) is 13.1. The normalized spacial score (nSPS) is 20.3. The van der Waals surface area contributed by atoms with Crippen LogP contribution < -0.4 is 15.1 Å². The third kappa shape index (κ3) is 5.03. The minimum Gasteiger partial charge on any atom is -0.611 e. The Kier molecular flexibility index (Phi) is 6.74. The van der Waals surface area contributed by atoms with E-state index in [9.17, 15) is 14.1 Å². The molecule has 0 radical (unpaired) electrons. The lowest BCUT2D eigenvalue weighted by molar-refractivity contribution is -0.119. The van der Waals surface area contributed by atoms with Crippen molar-refractivity contribution in [3.8, 4) is 0 Å². The topological polar surface area (TPSA) is 106 Å². The van der Waals surface area contributed by atoms with Gasteiger partial charge in [0.25, 0.3) is 11.8 Å². The fourth-order valence-electron chi connectivity index (χ4n) is 4.55. The third-order valence-electron chi connectivity index (χ3n) is 6.45. The van der Waals surface area contributed by atoms with Gasteiger partial charge in [-0.2, -0.15) is 0 Å². The molecule has 1 unspecified atom stereocenters. The van der Waals surface area contributed by atoms with Gasteiger partial charge < -0.3 is 19.7 Å². The molecule has 3 heterocycles. The van der Waals surface area contributed by atoms with Crippen molar-refractivity contribution in [2.75, 3.05) is 35.7 Å². The second kappa shape index (κ2) is 10.1. The number of benzene rings is 2. The SMILES string of the molecule is CN1C(=O)[C@@H](NC(=O)c2ncn(Cc3ccccc3)n2)C[S+]([O-])c2ccc(N3CCCCC3)cc21. The van der Waals surface area contributed by atoms with Crippen LogP contribution in [0.25, 0.3) is 0 Å². The molecule has 3 aromatic rings. The predicted octanol–water partition coefficient (Wildman–Crippen LogP) is 2.20. The Bertz CT molecular complexity index is 1210. The van der Waals surface area contributed by atoms with Crippen molar-refractivity contribution in [1.29, 1.82) is 0 Å². The molecule has 35 heavy (non-hydrogen) atoms. The molecule has 10 heteroatoms. The van der Waals surface area contributed by atoms with Crippen molar-refractivity contribution in [2.24, 2.45) is 0 Å². The van der Waals surface area contributed by atoms with Gasteiger partial charge in [0.2, 0.25) is 5.82 Å². The molecule has 0 saturated carbocycles. The molecule has 1 fully saturated rings. The van der Waals surface area contributed by atoms with E-state index < -0.39 is 23.1 Å². The van der Waals surface area contributed by atoms with Gasteiger partial charge in [-0.15, -0.1) is 5.10 Å². The van der Waals surface area contributed by atoms with Crippen LogP contribution in [0.3, 0.4) is 0 Å². The largest absolute Gasteiger partial charge is 0.611 e. The number of rotatable bonds is 5. The van der Waals surface area contributed by atoms with E-state index in [1.54, 1.807) is 11.7 Å². The monoisotopic (exact) mass is 492 g/mol. The lowest BCUT2D eigenvalue weighted by Crippen LogP contribution is -2.49. The van der Waals surface area contributed by atoms with Gasteiger partial charge in [0.1, 0.15) is 17.8 Å². The van der Waals surface area contributed by atoms with Crippen LogP contribution in [-0.4, -0.2) is 63.1 Å². The van der Waals surface area contributed by atoms with Crippen LogP contribution in [0.15, 0.2) is 59.8 Å². The molecule has 182 valence electrons. The second-order valence-corrected chi connectivity index (χ2v) is 10.4. The molecule has 2 aliphatic rings. The summed E-state index contributed by atoms with van der Waals surface area (Å²) >= 11 is -1.45. The van der Waals surface area contributed by atoms with Gasteiger partial charge in [0.05, 0.1) is 6.54 Å². The minimum absolute atomic E-state index is 0.00427. The zero-order chi connectivity index (χ0) is 24.4. The van der Waals surface area contributed by atoms with Gasteiger partial charge in [-0.25, -0.2) is 9.67 Å². The first-order valence-electron chi connectivity index (χ1n) is 11.8. The lowest BCUT2D eigenvalue weighted by Gasteiger charge is -2.30. The average molecular weight is 493 g/mol. The molecule has 5 rings (SSSR count). The molecule has 9 nitrogen and oxygen atoms in total. The smallest absolute Gasteiger partial charge is 0.291 e. The van der Waals surface area contributed by atoms with Gasteiger partial charge in [-0.1, -0.05) is 30.3 Å². The fraction of sp³-hybridized carbons (Fsp3) is 0.360. The minimum atomic E-state index is -1.45. The number of nitrogens with one attached hydrogen (secondary N) is 1. The van der Waals surface area contributed by atoms with E-state index in [4.69, 9.17) is 0 Å². The quantitative estimate of drug-likeness (QED) is 0.548. The van der Waals surface area contributed by atoms with Crippen LogP contribution in [0, 0.1) is 0 Å². The van der Waals surface area contributed by atoms with Crippen molar-refractivity contribution in [1.82, 2.24) is 20.1 Å². The highest BCUT2D eigenvalue weighted by molar-refractivity contribution is 7.91. The van der Waals surface area contributed by atoms with E-state index in [1.807, 2.05) is 48.5 Å². The van der Waals surface area contributed by atoms with Gasteiger partial charge in [-0.3, -0.25) is 9.59 Å². The Balaban J connectivity index is 1.30. The molecular formula is C25H28N6O3S. The summed E-state index contributed by atoms with van der Waals surface area (Å²) in [4.78, 5) is 34.6. The van der Waals surface area contributed by atoms with E-state index in [0.29, 0.717) is 17.1 Å². The summed E-state index contributed by atoms with van der Waals surface area (Å²) in [5, 5.41) is 6.95. The highest BCUT2D eigenvalue weighted by atomic mass is 32.2.